The molecule has 0 heterocycles. The molecule has 0 radical (unpaired) electrons. The summed E-state index contributed by atoms with van der Waals surface area (Å²) in [4.78, 5) is 22.6. The molecule has 0 aromatic rings. The highest BCUT2D eigenvalue weighted by Gasteiger charge is 2.89. The minimum absolute atomic E-state index is 0.982. The van der Waals surface area contributed by atoms with Crippen molar-refractivity contribution >= 4 is 21.4 Å². The molecular weight excluding hydrogens is 442 g/mol. The molecule has 1 aliphatic carbocycles. The molecule has 0 fully saturated rings. The van der Waals surface area contributed by atoms with Crippen LogP contribution < -0.4 is 0 Å². The van der Waals surface area contributed by atoms with Crippen molar-refractivity contribution in [3.8, 4) is 11.8 Å². The summed E-state index contributed by atoms with van der Waals surface area (Å²) < 4.78 is 157. The van der Waals surface area contributed by atoms with Crippen LogP contribution in [0.4, 0.5) is 43.9 Å². The van der Waals surface area contributed by atoms with Crippen LogP contribution in [0.3, 0.4) is 0 Å². The van der Waals surface area contributed by atoms with Crippen molar-refractivity contribution in [2.24, 2.45) is 0 Å². The van der Waals surface area contributed by atoms with Gasteiger partial charge in [-0.1, -0.05) is 5.92 Å². The van der Waals surface area contributed by atoms with Crippen molar-refractivity contribution in [2.45, 2.75) is 41.4 Å². The Morgan fingerprint density at radius 2 is 1.50 bits per heavy atom. The fourth-order valence-corrected chi connectivity index (χ4v) is 3.21. The lowest BCUT2D eigenvalue weighted by Gasteiger charge is -2.44. The minimum atomic E-state index is -8.04. The van der Waals surface area contributed by atoms with E-state index in [-0.39, 0.29) is 0 Å². The lowest BCUT2D eigenvalue weighted by molar-refractivity contribution is -0.289. The summed E-state index contributed by atoms with van der Waals surface area (Å²) in [7, 11) is -8.04. The van der Waals surface area contributed by atoms with Crippen LogP contribution in [-0.2, 0) is 19.4 Å². The Labute approximate surface area is 149 Å². The number of halogens is 10. The molecular formula is C13H6F10O4S. The van der Waals surface area contributed by atoms with Gasteiger partial charge < -0.3 is 0 Å². The van der Waals surface area contributed by atoms with E-state index in [0.717, 1.165) is 6.92 Å². The lowest BCUT2D eigenvalue weighted by Crippen LogP contribution is -2.72. The largest absolute Gasteiger partial charge is 0.501 e. The van der Waals surface area contributed by atoms with Crippen LogP contribution in [0.5, 0.6) is 0 Å². The molecule has 0 spiro atoms. The zero-order valence-electron chi connectivity index (χ0n) is 13.1. The van der Waals surface area contributed by atoms with Crippen molar-refractivity contribution in [3.63, 3.8) is 0 Å². The van der Waals surface area contributed by atoms with Crippen molar-refractivity contribution < 1.29 is 61.9 Å². The first kappa shape index (κ1) is 23.9. The fraction of sp³-hybridized carbons (Fsp3) is 0.538. The maximum atomic E-state index is 14.4. The number of hydrogen-bond acceptors (Lipinski definition) is 4. The van der Waals surface area contributed by atoms with Gasteiger partial charge in [-0.05, 0) is 12.8 Å². The molecule has 1 rings (SSSR count). The summed E-state index contributed by atoms with van der Waals surface area (Å²) in [6, 6.07) is 0. The number of ketones is 2. The molecule has 4 nitrogen and oxygen atoms in total. The molecule has 0 bridgehead atoms. The Kier molecular flexibility index (Phi) is 5.52. The van der Waals surface area contributed by atoms with E-state index < -0.39 is 67.8 Å². The van der Waals surface area contributed by atoms with Crippen molar-refractivity contribution in [2.75, 3.05) is 0 Å². The van der Waals surface area contributed by atoms with E-state index in [9.17, 15) is 61.9 Å². The summed E-state index contributed by atoms with van der Waals surface area (Å²) in [5.74, 6) is -19.1. The molecule has 0 aliphatic heterocycles. The second-order valence-corrected chi connectivity index (χ2v) is 7.33. The number of carbonyl (C=O) groups excluding carboxylic acids is 2. The van der Waals surface area contributed by atoms with Gasteiger partial charge in [0.25, 0.3) is 15.5 Å². The van der Waals surface area contributed by atoms with Crippen LogP contribution in [0.1, 0.15) is 13.3 Å². The molecule has 0 N–H and O–H groups in total. The molecule has 0 saturated carbocycles. The molecule has 2 atom stereocenters. The monoisotopic (exact) mass is 448 g/mol. The summed E-state index contributed by atoms with van der Waals surface area (Å²) >= 11 is 0. The van der Waals surface area contributed by atoms with Crippen molar-refractivity contribution in [1.82, 2.24) is 0 Å². The normalized spacial score (nSPS) is 29.3. The van der Waals surface area contributed by atoms with E-state index in [1.54, 1.807) is 0 Å². The van der Waals surface area contributed by atoms with E-state index >= 15 is 0 Å². The average Bonchev–Trinajstić information content (AvgIpc) is 2.50. The number of hydrogen-bond donors (Lipinski definition) is 0. The maximum Gasteiger partial charge on any atom is 0.501 e. The summed E-state index contributed by atoms with van der Waals surface area (Å²) in [5, 5.41) is -6.77. The van der Waals surface area contributed by atoms with Crippen molar-refractivity contribution in [3.05, 3.63) is 11.9 Å². The van der Waals surface area contributed by atoms with E-state index in [0.29, 0.717) is 0 Å². The number of sulfone groups is 1. The SMILES string of the molecule is CC#CC(=O)CC(=O)C1(F)C=C(F)C(F)(S(=O)(=O)C(F)(F)F)C(F)(F)C1(F)F. The molecule has 15 heteroatoms. The standard InChI is InChI=1S/C13H6F10O4S/c1-2-3-6(24)4-8(25)9(15)5-7(14)10(16,12(19,20)11(9,17)18)28(26,27)13(21,22)23/h5H,4H2,1H3. The Bertz CT molecular complexity index is 908. The van der Waals surface area contributed by atoms with Gasteiger partial charge in [-0.2, -0.15) is 30.7 Å². The summed E-state index contributed by atoms with van der Waals surface area (Å²) in [6.07, 6.45) is -3.62. The Hall–Kier alpha value is -2.11. The summed E-state index contributed by atoms with van der Waals surface area (Å²) in [5.41, 5.74) is -12.6. The topological polar surface area (TPSA) is 68.3 Å². The molecule has 0 aromatic carbocycles. The van der Waals surface area contributed by atoms with Gasteiger partial charge in [-0.15, -0.1) is 0 Å². The van der Waals surface area contributed by atoms with E-state index in [2.05, 4.69) is 0 Å². The predicted octanol–water partition coefficient (Wildman–Crippen LogP) is 2.98. The first-order valence-corrected chi connectivity index (χ1v) is 8.06. The number of rotatable bonds is 4. The molecule has 0 saturated heterocycles. The van der Waals surface area contributed by atoms with Crippen LogP contribution in [-0.4, -0.2) is 48.0 Å². The zero-order chi connectivity index (χ0) is 22.6. The van der Waals surface area contributed by atoms with Crippen LogP contribution in [0.15, 0.2) is 11.9 Å². The third-order valence-corrected chi connectivity index (χ3v) is 5.36. The second-order valence-electron chi connectivity index (χ2n) is 5.30. The molecule has 2 unspecified atom stereocenters. The highest BCUT2D eigenvalue weighted by molar-refractivity contribution is 7.93. The van der Waals surface area contributed by atoms with Gasteiger partial charge in [0, 0.05) is 6.08 Å². The van der Waals surface area contributed by atoms with Gasteiger partial charge in [0.1, 0.15) is 0 Å². The van der Waals surface area contributed by atoms with Gasteiger partial charge >= 0.3 is 22.4 Å². The Balaban J connectivity index is 3.82. The first-order chi connectivity index (χ1) is 12.3. The van der Waals surface area contributed by atoms with E-state index in [1.807, 2.05) is 5.92 Å². The first-order valence-electron chi connectivity index (χ1n) is 6.57. The fourth-order valence-electron chi connectivity index (χ4n) is 2.11. The van der Waals surface area contributed by atoms with Crippen LogP contribution in [0.25, 0.3) is 0 Å². The zero-order valence-corrected chi connectivity index (χ0v) is 13.9. The predicted molar refractivity (Wildman–Crippen MR) is 69.8 cm³/mol. The molecule has 1 aliphatic rings. The highest BCUT2D eigenvalue weighted by Crippen LogP contribution is 2.62. The Morgan fingerprint density at radius 1 is 1.04 bits per heavy atom. The Morgan fingerprint density at radius 3 is 1.89 bits per heavy atom. The maximum absolute atomic E-state index is 14.4. The number of alkyl halides is 9. The summed E-state index contributed by atoms with van der Waals surface area (Å²) in [6.45, 7) is 0.982. The molecule has 28 heavy (non-hydrogen) atoms. The quantitative estimate of drug-likeness (QED) is 0.287. The van der Waals surface area contributed by atoms with Gasteiger partial charge in [-0.3, -0.25) is 9.59 Å². The molecule has 0 aromatic heterocycles. The van der Waals surface area contributed by atoms with E-state index in [4.69, 9.17) is 0 Å². The number of carbonyl (C=O) groups is 2. The third-order valence-electron chi connectivity index (χ3n) is 3.55. The molecule has 158 valence electrons. The smallest absolute Gasteiger partial charge is 0.295 e. The van der Waals surface area contributed by atoms with Crippen molar-refractivity contribution in [1.29, 1.82) is 0 Å². The van der Waals surface area contributed by atoms with Gasteiger partial charge in [0.15, 0.2) is 11.6 Å². The molecule has 0 amide bonds. The van der Waals surface area contributed by atoms with Crippen LogP contribution >= 0.6 is 0 Å². The van der Waals surface area contributed by atoms with Gasteiger partial charge in [-0.25, -0.2) is 21.6 Å². The number of Topliss-reactive ketones (excluding diaryl/α,β-unsaturated/α-hetero) is 2. The lowest BCUT2D eigenvalue weighted by atomic mass is 9.79. The minimum Gasteiger partial charge on any atom is -0.295 e. The third kappa shape index (κ3) is 2.80. The highest BCUT2D eigenvalue weighted by atomic mass is 32.2. The van der Waals surface area contributed by atoms with Crippen LogP contribution in [0.2, 0.25) is 0 Å². The number of allylic oxidation sites excluding steroid dienone is 1. The van der Waals surface area contributed by atoms with Gasteiger partial charge in [0.05, 0.1) is 6.42 Å². The van der Waals surface area contributed by atoms with Crippen LogP contribution in [0, 0.1) is 11.8 Å². The van der Waals surface area contributed by atoms with E-state index in [1.165, 1.54) is 5.92 Å². The second kappa shape index (κ2) is 6.46. The van der Waals surface area contributed by atoms with Gasteiger partial charge in [0.2, 0.25) is 5.78 Å². The average molecular weight is 448 g/mol.